The number of hydrogen-bond acceptors (Lipinski definition) is 4. The van der Waals surface area contributed by atoms with E-state index in [9.17, 15) is 14.4 Å². The normalized spacial score (nSPS) is 10.8. The van der Waals surface area contributed by atoms with Crippen LogP contribution in [0.25, 0.3) is 16.6 Å². The largest absolute Gasteiger partial charge is 0.495 e. The number of benzene rings is 3. The number of carbonyl (C=O) groups is 1. The SMILES string of the molecule is COc1ccccc1NC(=O)Cn1c(=O)n(-c2cccc(Cl)c2)c(=O)c2cc(Br)ccc21. The van der Waals surface area contributed by atoms with Crippen molar-refractivity contribution in [1.82, 2.24) is 9.13 Å². The minimum absolute atomic E-state index is 0.282. The molecule has 0 saturated heterocycles. The first-order valence-electron chi connectivity index (χ1n) is 9.53. The molecule has 9 heteroatoms. The summed E-state index contributed by atoms with van der Waals surface area (Å²) in [5.41, 5.74) is -0.0228. The third-order valence-electron chi connectivity index (χ3n) is 4.85. The van der Waals surface area contributed by atoms with Crippen LogP contribution in [0, 0.1) is 0 Å². The number of nitrogens with one attached hydrogen (secondary N) is 1. The highest BCUT2D eigenvalue weighted by atomic mass is 79.9. The highest BCUT2D eigenvalue weighted by molar-refractivity contribution is 9.10. The summed E-state index contributed by atoms with van der Waals surface area (Å²) in [7, 11) is 1.50. The van der Waals surface area contributed by atoms with Crippen molar-refractivity contribution in [3.05, 3.63) is 97.1 Å². The zero-order valence-electron chi connectivity index (χ0n) is 16.8. The molecule has 0 unspecified atom stereocenters. The molecule has 0 fully saturated rings. The monoisotopic (exact) mass is 513 g/mol. The van der Waals surface area contributed by atoms with Crippen molar-refractivity contribution in [2.24, 2.45) is 0 Å². The summed E-state index contributed by atoms with van der Waals surface area (Å²) in [5.74, 6) is 0.0444. The lowest BCUT2D eigenvalue weighted by Crippen LogP contribution is -2.40. The first kappa shape index (κ1) is 21.9. The first-order chi connectivity index (χ1) is 15.4. The summed E-state index contributed by atoms with van der Waals surface area (Å²) in [5, 5.41) is 3.41. The maximum atomic E-state index is 13.4. The number of amides is 1. The fraction of sp³-hybridized carbons (Fsp3) is 0.0870. The second-order valence-electron chi connectivity index (χ2n) is 6.90. The van der Waals surface area contributed by atoms with Gasteiger partial charge in [-0.1, -0.05) is 45.7 Å². The Kier molecular flexibility index (Phi) is 6.16. The number of fused-ring (bicyclic) bond motifs is 1. The van der Waals surface area contributed by atoms with E-state index >= 15 is 0 Å². The van der Waals surface area contributed by atoms with Gasteiger partial charge in [-0.3, -0.25) is 14.2 Å². The zero-order chi connectivity index (χ0) is 22.8. The van der Waals surface area contributed by atoms with Gasteiger partial charge in [-0.05, 0) is 48.5 Å². The molecule has 0 aliphatic rings. The fourth-order valence-corrected chi connectivity index (χ4v) is 3.97. The van der Waals surface area contributed by atoms with Gasteiger partial charge in [-0.15, -0.1) is 0 Å². The molecule has 7 nitrogen and oxygen atoms in total. The number of nitrogens with zero attached hydrogens (tertiary/aromatic N) is 2. The van der Waals surface area contributed by atoms with Crippen molar-refractivity contribution in [3.8, 4) is 11.4 Å². The van der Waals surface area contributed by atoms with Crippen LogP contribution in [0.2, 0.25) is 5.02 Å². The van der Waals surface area contributed by atoms with Gasteiger partial charge in [0.05, 0.1) is 29.4 Å². The number of rotatable bonds is 5. The van der Waals surface area contributed by atoms with Crippen LogP contribution in [-0.4, -0.2) is 22.2 Å². The van der Waals surface area contributed by atoms with E-state index in [0.29, 0.717) is 32.1 Å². The number of anilines is 1. The average molecular weight is 515 g/mol. The zero-order valence-corrected chi connectivity index (χ0v) is 19.2. The number of aromatic nitrogens is 2. The highest BCUT2D eigenvalue weighted by Crippen LogP contribution is 2.23. The molecule has 0 spiro atoms. The molecule has 0 atom stereocenters. The Morgan fingerprint density at radius 3 is 2.59 bits per heavy atom. The molecule has 0 radical (unpaired) electrons. The minimum atomic E-state index is -0.651. The predicted octanol–water partition coefficient (Wildman–Crippen LogP) is 4.22. The van der Waals surface area contributed by atoms with E-state index in [1.54, 1.807) is 60.7 Å². The van der Waals surface area contributed by atoms with Gasteiger partial charge in [-0.25, -0.2) is 9.36 Å². The predicted molar refractivity (Wildman–Crippen MR) is 128 cm³/mol. The molecule has 0 bridgehead atoms. The third kappa shape index (κ3) is 4.19. The van der Waals surface area contributed by atoms with Crippen LogP contribution in [0.3, 0.4) is 0 Å². The molecule has 0 saturated carbocycles. The van der Waals surface area contributed by atoms with Crippen molar-refractivity contribution in [2.75, 3.05) is 12.4 Å². The molecule has 1 amide bonds. The Morgan fingerprint density at radius 2 is 1.84 bits per heavy atom. The van der Waals surface area contributed by atoms with Crippen LogP contribution in [0.5, 0.6) is 5.75 Å². The van der Waals surface area contributed by atoms with Crippen LogP contribution in [0.4, 0.5) is 5.69 Å². The van der Waals surface area contributed by atoms with Gasteiger partial charge >= 0.3 is 5.69 Å². The molecule has 1 N–H and O–H groups in total. The van der Waals surface area contributed by atoms with Crippen molar-refractivity contribution in [1.29, 1.82) is 0 Å². The Balaban J connectivity index is 1.86. The second kappa shape index (κ2) is 9.02. The van der Waals surface area contributed by atoms with Gasteiger partial charge in [0.25, 0.3) is 5.56 Å². The van der Waals surface area contributed by atoms with E-state index in [4.69, 9.17) is 16.3 Å². The van der Waals surface area contributed by atoms with Gasteiger partial charge in [0, 0.05) is 9.50 Å². The maximum absolute atomic E-state index is 13.4. The van der Waals surface area contributed by atoms with Crippen molar-refractivity contribution >= 4 is 50.0 Å². The smallest absolute Gasteiger partial charge is 0.336 e. The molecule has 0 aliphatic heterocycles. The number of para-hydroxylation sites is 2. The Hall–Kier alpha value is -3.36. The second-order valence-corrected chi connectivity index (χ2v) is 8.25. The van der Waals surface area contributed by atoms with E-state index in [0.717, 1.165) is 4.57 Å². The van der Waals surface area contributed by atoms with Crippen LogP contribution in [-0.2, 0) is 11.3 Å². The molecule has 3 aromatic carbocycles. The number of carbonyl (C=O) groups excluding carboxylic acids is 1. The summed E-state index contributed by atoms with van der Waals surface area (Å²) in [4.78, 5) is 39.4. The minimum Gasteiger partial charge on any atom is -0.495 e. The number of methoxy groups -OCH3 is 1. The van der Waals surface area contributed by atoms with Crippen LogP contribution >= 0.6 is 27.5 Å². The summed E-state index contributed by atoms with van der Waals surface area (Å²) in [6.45, 7) is -0.310. The average Bonchev–Trinajstić information content (AvgIpc) is 2.77. The van der Waals surface area contributed by atoms with E-state index in [1.807, 2.05) is 0 Å². The molecule has 4 aromatic rings. The van der Waals surface area contributed by atoms with Crippen LogP contribution in [0.1, 0.15) is 0 Å². The van der Waals surface area contributed by atoms with Gasteiger partial charge < -0.3 is 10.1 Å². The quantitative estimate of drug-likeness (QED) is 0.432. The van der Waals surface area contributed by atoms with Crippen molar-refractivity contribution in [2.45, 2.75) is 6.54 Å². The summed E-state index contributed by atoms with van der Waals surface area (Å²) in [6, 6.07) is 18.3. The molecule has 32 heavy (non-hydrogen) atoms. The lowest BCUT2D eigenvalue weighted by atomic mass is 10.2. The fourth-order valence-electron chi connectivity index (χ4n) is 3.42. The van der Waals surface area contributed by atoms with Crippen LogP contribution in [0.15, 0.2) is 80.8 Å². The molecule has 1 aromatic heterocycles. The van der Waals surface area contributed by atoms with Gasteiger partial charge in [-0.2, -0.15) is 0 Å². The Bertz CT molecular complexity index is 1460. The van der Waals surface area contributed by atoms with Gasteiger partial charge in [0.15, 0.2) is 0 Å². The molecule has 0 aliphatic carbocycles. The van der Waals surface area contributed by atoms with E-state index < -0.39 is 17.2 Å². The summed E-state index contributed by atoms with van der Waals surface area (Å²) >= 11 is 9.44. The van der Waals surface area contributed by atoms with E-state index in [1.165, 1.54) is 17.7 Å². The lowest BCUT2D eigenvalue weighted by molar-refractivity contribution is -0.116. The summed E-state index contributed by atoms with van der Waals surface area (Å²) < 4.78 is 8.20. The molecule has 162 valence electrons. The van der Waals surface area contributed by atoms with E-state index in [2.05, 4.69) is 21.2 Å². The Morgan fingerprint density at radius 1 is 1.06 bits per heavy atom. The standard InChI is InChI=1S/C23H17BrClN3O4/c1-32-20-8-3-2-7-18(20)26-21(29)13-27-19-10-9-14(24)11-17(19)22(30)28(23(27)31)16-6-4-5-15(25)12-16/h2-12H,13H2,1H3,(H,26,29). The summed E-state index contributed by atoms with van der Waals surface area (Å²) in [6.07, 6.45) is 0. The van der Waals surface area contributed by atoms with Crippen molar-refractivity contribution in [3.63, 3.8) is 0 Å². The van der Waals surface area contributed by atoms with E-state index in [-0.39, 0.29) is 11.9 Å². The Labute approximate surface area is 196 Å². The van der Waals surface area contributed by atoms with Gasteiger partial charge in [0.1, 0.15) is 12.3 Å². The molecule has 1 heterocycles. The number of halogens is 2. The lowest BCUT2D eigenvalue weighted by Gasteiger charge is -2.15. The van der Waals surface area contributed by atoms with Crippen molar-refractivity contribution < 1.29 is 9.53 Å². The molecule has 4 rings (SSSR count). The number of hydrogen-bond donors (Lipinski definition) is 1. The third-order valence-corrected chi connectivity index (χ3v) is 5.58. The first-order valence-corrected chi connectivity index (χ1v) is 10.7. The number of ether oxygens (including phenoxy) is 1. The van der Waals surface area contributed by atoms with Crippen LogP contribution < -0.4 is 21.3 Å². The molecular formula is C23H17BrClN3O4. The van der Waals surface area contributed by atoms with Gasteiger partial charge in [0.2, 0.25) is 5.91 Å². The maximum Gasteiger partial charge on any atom is 0.336 e. The topological polar surface area (TPSA) is 82.3 Å². The molecular weight excluding hydrogens is 498 g/mol. The highest BCUT2D eigenvalue weighted by Gasteiger charge is 2.18.